The number of unbranched alkanes of at least 4 members (excludes halogenated alkanes) is 1. The summed E-state index contributed by atoms with van der Waals surface area (Å²) in [7, 11) is 3.00. The molecule has 0 saturated heterocycles. The van der Waals surface area contributed by atoms with E-state index < -0.39 is 35.0 Å². The van der Waals surface area contributed by atoms with Crippen molar-refractivity contribution >= 4 is 12.4 Å². The first-order valence-corrected chi connectivity index (χ1v) is 13.4. The highest BCUT2D eigenvalue weighted by atomic mass is 16.6. The number of aliphatic hydroxyl groups excluding tert-OH is 1. The van der Waals surface area contributed by atoms with Gasteiger partial charge in [-0.15, -0.1) is 0 Å². The summed E-state index contributed by atoms with van der Waals surface area (Å²) in [4.78, 5) is 25.4. The maximum absolute atomic E-state index is 13.1. The molecular formula is C31H34N2O8. The van der Waals surface area contributed by atoms with Crippen molar-refractivity contribution in [2.45, 2.75) is 36.1 Å². The van der Waals surface area contributed by atoms with Crippen LogP contribution in [-0.4, -0.2) is 51.0 Å². The van der Waals surface area contributed by atoms with Crippen LogP contribution in [0.3, 0.4) is 0 Å². The Kier molecular flexibility index (Phi) is 7.79. The van der Waals surface area contributed by atoms with Crippen molar-refractivity contribution in [1.82, 2.24) is 0 Å². The lowest BCUT2D eigenvalue weighted by atomic mass is 9.70. The molecule has 0 aromatic heterocycles. The second-order valence-electron chi connectivity index (χ2n) is 10.1. The van der Waals surface area contributed by atoms with Crippen LogP contribution in [-0.2, 0) is 25.5 Å². The fourth-order valence-electron chi connectivity index (χ4n) is 6.48. The molecule has 1 heterocycles. The van der Waals surface area contributed by atoms with Crippen LogP contribution < -0.4 is 30.4 Å². The zero-order valence-electron chi connectivity index (χ0n) is 22.9. The topological polar surface area (TPSA) is 153 Å². The molecule has 1 fully saturated rings. The Bertz CT molecular complexity index is 1400. The van der Waals surface area contributed by atoms with Gasteiger partial charge in [0.1, 0.15) is 29.1 Å². The van der Waals surface area contributed by atoms with Gasteiger partial charge in [0.05, 0.1) is 32.3 Å². The van der Waals surface area contributed by atoms with E-state index in [1.54, 1.807) is 43.5 Å². The first-order chi connectivity index (χ1) is 19.9. The van der Waals surface area contributed by atoms with E-state index in [-0.39, 0.29) is 23.5 Å². The van der Waals surface area contributed by atoms with Crippen molar-refractivity contribution < 1.29 is 38.4 Å². The Hall–Kier alpha value is -4.28. The van der Waals surface area contributed by atoms with Crippen LogP contribution >= 0.6 is 0 Å². The van der Waals surface area contributed by atoms with Gasteiger partial charge in [0.2, 0.25) is 11.5 Å². The molecule has 2 aliphatic rings. The van der Waals surface area contributed by atoms with Crippen LogP contribution in [0.2, 0.25) is 0 Å². The molecule has 0 unspecified atom stereocenters. The highest BCUT2D eigenvalue weighted by Gasteiger charge is 2.80. The van der Waals surface area contributed by atoms with E-state index in [4.69, 9.17) is 35.2 Å². The highest BCUT2D eigenvalue weighted by molar-refractivity contribution is 5.82. The Morgan fingerprint density at radius 2 is 1.76 bits per heavy atom. The van der Waals surface area contributed by atoms with Gasteiger partial charge in [-0.25, -0.2) is 0 Å². The van der Waals surface area contributed by atoms with Crippen LogP contribution in [0.15, 0.2) is 66.7 Å². The van der Waals surface area contributed by atoms with Crippen LogP contribution in [0.25, 0.3) is 0 Å². The average Bonchev–Trinajstić information content (AvgIpc) is 3.40. The number of methoxy groups -OCH3 is 2. The number of amides is 1. The lowest BCUT2D eigenvalue weighted by Gasteiger charge is -2.42. The lowest BCUT2D eigenvalue weighted by molar-refractivity contribution is -0.188. The van der Waals surface area contributed by atoms with Gasteiger partial charge in [-0.05, 0) is 37.1 Å². The maximum Gasteiger partial charge on any atom is 0.294 e. The number of carbonyl (C=O) groups excluding carboxylic acids is 2. The Morgan fingerprint density at radius 3 is 2.37 bits per heavy atom. The fourth-order valence-corrected chi connectivity index (χ4v) is 6.48. The van der Waals surface area contributed by atoms with Crippen molar-refractivity contribution in [2.24, 2.45) is 17.4 Å². The number of hydrogen-bond donors (Lipinski definition) is 3. The Labute approximate surface area is 238 Å². The number of nitrogens with two attached hydrogens (primary N) is 2. The van der Waals surface area contributed by atoms with Crippen molar-refractivity contribution in [3.63, 3.8) is 0 Å². The van der Waals surface area contributed by atoms with Crippen molar-refractivity contribution in [3.8, 4) is 23.0 Å². The lowest BCUT2D eigenvalue weighted by Crippen LogP contribution is -2.53. The maximum atomic E-state index is 13.1. The second kappa shape index (κ2) is 11.3. The Balaban J connectivity index is 1.82. The molecule has 5 rings (SSSR count). The predicted molar refractivity (Wildman–Crippen MR) is 149 cm³/mol. The molecule has 10 nitrogen and oxygen atoms in total. The van der Waals surface area contributed by atoms with E-state index in [2.05, 4.69) is 0 Å². The number of rotatable bonds is 12. The summed E-state index contributed by atoms with van der Waals surface area (Å²) in [5.41, 5.74) is 9.48. The molecular weight excluding hydrogens is 528 g/mol. The van der Waals surface area contributed by atoms with Gasteiger partial charge in [-0.1, -0.05) is 42.5 Å². The quantitative estimate of drug-likeness (QED) is 0.223. The molecule has 1 aliphatic heterocycles. The average molecular weight is 563 g/mol. The number of benzene rings is 3. The largest absolute Gasteiger partial charge is 0.497 e. The summed E-state index contributed by atoms with van der Waals surface area (Å²) in [6.07, 6.45) is -0.0571. The molecule has 0 bridgehead atoms. The monoisotopic (exact) mass is 562 g/mol. The molecule has 0 spiro atoms. The molecule has 41 heavy (non-hydrogen) atoms. The molecule has 3 aromatic rings. The first-order valence-electron chi connectivity index (χ1n) is 13.4. The van der Waals surface area contributed by atoms with Gasteiger partial charge < -0.3 is 40.3 Å². The van der Waals surface area contributed by atoms with Gasteiger partial charge in [-0.2, -0.15) is 0 Å². The predicted octanol–water partition coefficient (Wildman–Crippen LogP) is 2.74. The first kappa shape index (κ1) is 28.3. The molecule has 1 aliphatic carbocycles. The number of ether oxygens (including phenoxy) is 5. The molecule has 0 radical (unpaired) electrons. The molecule has 3 aromatic carbocycles. The number of carbonyl (C=O) groups is 2. The number of aliphatic hydroxyl groups is 1. The third-order valence-corrected chi connectivity index (χ3v) is 8.11. The summed E-state index contributed by atoms with van der Waals surface area (Å²) in [6, 6.07) is 19.4. The smallest absolute Gasteiger partial charge is 0.294 e. The van der Waals surface area contributed by atoms with E-state index in [0.29, 0.717) is 35.8 Å². The standard InChI is InChI=1S/C31H34N2O8/c1-37-21-12-10-20(11-13-21)30-26(19-8-4-3-5-9-19)25(29(33)36)28(35)31(30,40-18-34)27-23(38-2)16-22(17-24(27)41-30)39-15-7-6-14-32/h3-5,8-13,16-18,25-26,28,35H,6-7,14-15,32H2,1-2H3,(H2,33,36)/t25-,26-,28-,30+,31+/m1/s1. The van der Waals surface area contributed by atoms with Crippen molar-refractivity contribution in [1.29, 1.82) is 0 Å². The summed E-state index contributed by atoms with van der Waals surface area (Å²) in [5.74, 6) is -1.29. The van der Waals surface area contributed by atoms with E-state index in [9.17, 15) is 14.7 Å². The summed E-state index contributed by atoms with van der Waals surface area (Å²) in [5, 5.41) is 12.1. The minimum Gasteiger partial charge on any atom is -0.497 e. The summed E-state index contributed by atoms with van der Waals surface area (Å²) in [6.45, 7) is 1.22. The SMILES string of the molecule is COc1ccc([C@@]23Oc4cc(OCCCCN)cc(OC)c4[C@]2(OC=O)[C@H](O)[C@H](C(N)=O)[C@H]3c2ccccc2)cc1. The summed E-state index contributed by atoms with van der Waals surface area (Å²) < 4.78 is 30.0. The van der Waals surface area contributed by atoms with Gasteiger partial charge >= 0.3 is 0 Å². The normalized spacial score (nSPS) is 25.9. The zero-order valence-corrected chi connectivity index (χ0v) is 22.9. The van der Waals surface area contributed by atoms with Crippen molar-refractivity contribution in [2.75, 3.05) is 27.4 Å². The van der Waals surface area contributed by atoms with Gasteiger partial charge in [0.15, 0.2) is 5.60 Å². The van der Waals surface area contributed by atoms with Crippen LogP contribution in [0, 0.1) is 5.92 Å². The van der Waals surface area contributed by atoms with Crippen LogP contribution in [0.4, 0.5) is 0 Å². The third-order valence-electron chi connectivity index (χ3n) is 8.11. The highest BCUT2D eigenvalue weighted by Crippen LogP contribution is 2.71. The van der Waals surface area contributed by atoms with E-state index in [0.717, 1.165) is 12.8 Å². The third kappa shape index (κ3) is 4.25. The Morgan fingerprint density at radius 1 is 1.02 bits per heavy atom. The molecule has 1 amide bonds. The number of fused-ring (bicyclic) bond motifs is 3. The zero-order chi connectivity index (χ0) is 29.2. The molecule has 10 heteroatoms. The fraction of sp³-hybridized carbons (Fsp3) is 0.355. The molecule has 1 saturated carbocycles. The van der Waals surface area contributed by atoms with E-state index in [1.807, 2.05) is 30.3 Å². The molecule has 5 N–H and O–H groups in total. The van der Waals surface area contributed by atoms with Crippen LogP contribution in [0.1, 0.15) is 35.4 Å². The van der Waals surface area contributed by atoms with Gasteiger partial charge in [0.25, 0.3) is 6.47 Å². The van der Waals surface area contributed by atoms with Gasteiger partial charge in [0, 0.05) is 23.6 Å². The number of hydrogen-bond acceptors (Lipinski definition) is 9. The minimum absolute atomic E-state index is 0.252. The van der Waals surface area contributed by atoms with E-state index >= 15 is 0 Å². The molecule has 5 atom stereocenters. The van der Waals surface area contributed by atoms with Crippen molar-refractivity contribution in [3.05, 3.63) is 83.4 Å². The molecule has 216 valence electrons. The second-order valence-corrected chi connectivity index (χ2v) is 10.1. The summed E-state index contributed by atoms with van der Waals surface area (Å²) >= 11 is 0. The van der Waals surface area contributed by atoms with Gasteiger partial charge in [-0.3, -0.25) is 9.59 Å². The van der Waals surface area contributed by atoms with E-state index in [1.165, 1.54) is 7.11 Å². The van der Waals surface area contributed by atoms with Crippen LogP contribution in [0.5, 0.6) is 23.0 Å². The number of primary amides is 1. The minimum atomic E-state index is -1.93.